The molecule has 308 valence electrons. The summed E-state index contributed by atoms with van der Waals surface area (Å²) in [6.07, 6.45) is 1.03. The van der Waals surface area contributed by atoms with Crippen LogP contribution < -0.4 is 24.8 Å². The Morgan fingerprint density at radius 2 is 1.70 bits per heavy atom. The summed E-state index contributed by atoms with van der Waals surface area (Å²) in [7, 11) is -2.35. The van der Waals surface area contributed by atoms with Gasteiger partial charge in [0.15, 0.2) is 34.7 Å². The van der Waals surface area contributed by atoms with Crippen LogP contribution in [0.2, 0.25) is 0 Å². The van der Waals surface area contributed by atoms with Crippen molar-refractivity contribution in [2.75, 3.05) is 31.4 Å². The van der Waals surface area contributed by atoms with Crippen LogP contribution in [0.4, 0.5) is 18.9 Å². The summed E-state index contributed by atoms with van der Waals surface area (Å²) in [5.74, 6) is -3.81. The number of halogens is 3. The molecule has 60 heavy (non-hydrogen) atoms. The molecule has 2 aliphatic heterocycles. The molecule has 6 aromatic rings. The molecule has 3 atom stereocenters. The fourth-order valence-corrected chi connectivity index (χ4v) is 10.4. The van der Waals surface area contributed by atoms with Gasteiger partial charge in [-0.1, -0.05) is 12.1 Å². The Labute approximate surface area is 342 Å². The van der Waals surface area contributed by atoms with E-state index in [4.69, 9.17) is 14.2 Å². The minimum Gasteiger partial charge on any atom is -0.497 e. The third kappa shape index (κ3) is 7.27. The van der Waals surface area contributed by atoms with Gasteiger partial charge < -0.3 is 34.9 Å². The van der Waals surface area contributed by atoms with E-state index in [2.05, 4.69) is 15.6 Å². The van der Waals surface area contributed by atoms with Crippen LogP contribution in [0.5, 0.6) is 17.2 Å². The number of hydrogen-bond donors (Lipinski definition) is 4. The Balaban J connectivity index is 1.17. The Hall–Kier alpha value is -6.48. The highest BCUT2D eigenvalue weighted by molar-refractivity contribution is 7.91. The quantitative estimate of drug-likeness (QED) is 0.109. The maximum Gasteiger partial charge on any atom is 0.341 e. The Morgan fingerprint density at radius 1 is 0.867 bits per heavy atom. The highest BCUT2D eigenvalue weighted by atomic mass is 32.2. The number of aryl methyl sites for hydroxylation is 1. The molecule has 0 radical (unpaired) electrons. The van der Waals surface area contributed by atoms with Crippen molar-refractivity contribution in [3.63, 3.8) is 0 Å². The predicted octanol–water partition coefficient (Wildman–Crippen LogP) is 7.73. The lowest BCUT2D eigenvalue weighted by Gasteiger charge is -2.25. The third-order valence-corrected chi connectivity index (χ3v) is 13.4. The molecule has 0 saturated carbocycles. The molecule has 0 bridgehead atoms. The summed E-state index contributed by atoms with van der Waals surface area (Å²) in [5.41, 5.74) is 6.93. The van der Waals surface area contributed by atoms with E-state index in [-0.39, 0.29) is 47.2 Å². The topological polar surface area (TPSA) is 156 Å². The summed E-state index contributed by atoms with van der Waals surface area (Å²) in [5, 5.41) is 16.3. The van der Waals surface area contributed by atoms with Gasteiger partial charge in [0, 0.05) is 34.6 Å². The van der Waals surface area contributed by atoms with Gasteiger partial charge in [0.1, 0.15) is 23.1 Å². The fourth-order valence-electron chi connectivity index (χ4n) is 8.88. The molecule has 15 heteroatoms. The van der Waals surface area contributed by atoms with Gasteiger partial charge in [-0.25, -0.2) is 26.4 Å². The summed E-state index contributed by atoms with van der Waals surface area (Å²) in [4.78, 5) is 28.1. The molecule has 3 heterocycles. The molecule has 9 rings (SSSR count). The molecule has 0 spiro atoms. The van der Waals surface area contributed by atoms with Crippen molar-refractivity contribution >= 4 is 38.3 Å². The maximum absolute atomic E-state index is 14.6. The molecule has 4 N–H and O–H groups in total. The molecule has 0 saturated heterocycles. The second-order valence-electron chi connectivity index (χ2n) is 15.3. The number of carboxylic acid groups (broad SMARTS) is 1. The number of sulfone groups is 1. The number of H-pyrrole nitrogens is 1. The number of fused-ring (bicyclic) bond motifs is 10. The van der Waals surface area contributed by atoms with E-state index in [0.717, 1.165) is 34.5 Å². The minimum atomic E-state index is -3.94. The van der Waals surface area contributed by atoms with E-state index in [1.807, 2.05) is 30.3 Å². The number of rotatable bonds is 10. The molecule has 1 aromatic heterocycles. The van der Waals surface area contributed by atoms with Crippen LogP contribution in [-0.2, 0) is 38.8 Å². The van der Waals surface area contributed by atoms with E-state index >= 15 is 0 Å². The lowest BCUT2D eigenvalue weighted by molar-refractivity contribution is -0.139. The van der Waals surface area contributed by atoms with E-state index in [1.54, 1.807) is 25.3 Å². The van der Waals surface area contributed by atoms with Crippen molar-refractivity contribution in [1.82, 2.24) is 10.3 Å². The summed E-state index contributed by atoms with van der Waals surface area (Å²) >= 11 is 0. The molecule has 3 aliphatic rings. The van der Waals surface area contributed by atoms with Crippen molar-refractivity contribution in [1.29, 1.82) is 0 Å². The van der Waals surface area contributed by atoms with Gasteiger partial charge in [0.25, 0.3) is 5.91 Å². The number of methoxy groups -OCH3 is 1. The highest BCUT2D eigenvalue weighted by Gasteiger charge is 2.41. The van der Waals surface area contributed by atoms with Crippen molar-refractivity contribution < 1.29 is 50.5 Å². The number of anilines is 1. The number of carboxylic acids is 1. The molecular weight excluding hydrogens is 800 g/mol. The zero-order valence-corrected chi connectivity index (χ0v) is 32.9. The number of aromatic nitrogens is 1. The smallest absolute Gasteiger partial charge is 0.341 e. The normalized spacial score (nSPS) is 18.4. The zero-order valence-electron chi connectivity index (χ0n) is 32.1. The molecule has 1 amide bonds. The Bertz CT molecular complexity index is 2840. The second-order valence-corrected chi connectivity index (χ2v) is 17.4. The highest BCUT2D eigenvalue weighted by Crippen LogP contribution is 2.55. The van der Waals surface area contributed by atoms with Crippen LogP contribution in [0.15, 0.2) is 89.8 Å². The Morgan fingerprint density at radius 3 is 2.50 bits per heavy atom. The monoisotopic (exact) mass is 837 g/mol. The molecule has 1 aliphatic carbocycles. The largest absolute Gasteiger partial charge is 0.497 e. The maximum atomic E-state index is 14.6. The number of aliphatic carboxylic acids is 1. The van der Waals surface area contributed by atoms with E-state index in [9.17, 15) is 36.3 Å². The molecule has 0 fully saturated rings. The van der Waals surface area contributed by atoms with Crippen LogP contribution in [0.1, 0.15) is 57.7 Å². The number of carbonyl (C=O) groups is 2. The summed E-state index contributed by atoms with van der Waals surface area (Å²) < 4.78 is 87.8. The number of nitrogens with one attached hydrogen (secondary N) is 3. The fraction of sp³-hybridized carbons (Fsp3) is 0.244. The first-order valence-electron chi connectivity index (χ1n) is 19.3. The van der Waals surface area contributed by atoms with Crippen LogP contribution in [0.3, 0.4) is 0 Å². The number of hydrogen-bond acceptors (Lipinski definition) is 8. The van der Waals surface area contributed by atoms with Gasteiger partial charge in [-0.15, -0.1) is 0 Å². The SMILES string of the molecule is COc1ccc2c(c1)C1CC(c3cc4c(cc3OCC(=O)NCc3ccc(F)c(F)c3)S(=O)(=O)CCc3c-4[nH]c4ccc(F)cc34)Cc3cc(OCC(=O)O)ccc3C1N2. The molecule has 5 aromatic carbocycles. The van der Waals surface area contributed by atoms with E-state index in [1.165, 1.54) is 24.3 Å². The number of amides is 1. The van der Waals surface area contributed by atoms with E-state index < -0.39 is 52.4 Å². The minimum absolute atomic E-state index is 0.0110. The van der Waals surface area contributed by atoms with Gasteiger partial charge in [0.05, 0.1) is 29.5 Å². The number of ether oxygens (including phenoxy) is 3. The van der Waals surface area contributed by atoms with Gasteiger partial charge in [0.2, 0.25) is 0 Å². The number of carbonyl (C=O) groups excluding carboxylic acids is 1. The van der Waals surface area contributed by atoms with Gasteiger partial charge in [-0.05, 0) is 131 Å². The van der Waals surface area contributed by atoms with Crippen molar-refractivity contribution in [2.24, 2.45) is 0 Å². The Kier molecular flexibility index (Phi) is 9.93. The van der Waals surface area contributed by atoms with Crippen LogP contribution in [0, 0.1) is 17.5 Å². The molecule has 3 unspecified atom stereocenters. The van der Waals surface area contributed by atoms with Crippen molar-refractivity contribution in [3.05, 3.63) is 136 Å². The first-order valence-corrected chi connectivity index (χ1v) is 21.0. The average Bonchev–Trinajstić information content (AvgIpc) is 3.69. The number of benzene rings is 5. The van der Waals surface area contributed by atoms with Gasteiger partial charge in [-0.3, -0.25) is 4.79 Å². The first-order chi connectivity index (χ1) is 28.8. The third-order valence-electron chi connectivity index (χ3n) is 11.7. The lowest BCUT2D eigenvalue weighted by atomic mass is 9.82. The molecular formula is C45H38F3N3O8S. The number of aromatic amines is 1. The molecule has 11 nitrogen and oxygen atoms in total. The van der Waals surface area contributed by atoms with Gasteiger partial charge in [-0.2, -0.15) is 0 Å². The van der Waals surface area contributed by atoms with Crippen molar-refractivity contribution in [2.45, 2.75) is 48.6 Å². The first kappa shape index (κ1) is 39.0. The van der Waals surface area contributed by atoms with Crippen LogP contribution in [-0.4, -0.2) is 56.5 Å². The standard InChI is InChI=1S/C45H38F3N3O8S/c1-57-27-5-9-39-33(17-27)34-15-25(13-24-14-28(58-22-43(53)54)4-6-29(24)44(34)50-39)31-18-35-41(19-40(31)59-21-42(52)49-20-23-2-7-36(47)37(48)12-23)60(55,56)11-10-30-32-16-26(46)3-8-38(32)51-45(30)35/h2-9,12,14,16-19,25,34,44,50-51H,10-11,13,15,20-22H2,1H3,(H,49,52)(H,53,54). The summed E-state index contributed by atoms with van der Waals surface area (Å²) in [6, 6.07) is 22.0. The average molecular weight is 838 g/mol. The lowest BCUT2D eigenvalue weighted by Crippen LogP contribution is -2.28. The van der Waals surface area contributed by atoms with Gasteiger partial charge >= 0.3 is 5.97 Å². The second kappa shape index (κ2) is 15.3. The van der Waals surface area contributed by atoms with Crippen LogP contribution >= 0.6 is 0 Å². The van der Waals surface area contributed by atoms with Crippen molar-refractivity contribution in [3.8, 4) is 28.5 Å². The predicted molar refractivity (Wildman–Crippen MR) is 216 cm³/mol. The van der Waals surface area contributed by atoms with E-state index in [0.29, 0.717) is 63.2 Å². The van der Waals surface area contributed by atoms with Crippen LogP contribution in [0.25, 0.3) is 22.2 Å². The summed E-state index contributed by atoms with van der Waals surface area (Å²) in [6.45, 7) is -1.18. The zero-order chi connectivity index (χ0) is 41.9.